The molecule has 9 nitrogen and oxygen atoms in total. The van der Waals surface area contributed by atoms with Gasteiger partial charge in [-0.1, -0.05) is 35.6 Å². The van der Waals surface area contributed by atoms with Crippen LogP contribution in [0.1, 0.15) is 51.1 Å². The van der Waals surface area contributed by atoms with Crippen molar-refractivity contribution in [2.75, 3.05) is 6.54 Å². The Hall–Kier alpha value is -4.78. The lowest BCUT2D eigenvalue weighted by Crippen LogP contribution is -2.47. The number of rotatable bonds is 4. The van der Waals surface area contributed by atoms with Gasteiger partial charge in [0.2, 0.25) is 0 Å². The second-order valence-corrected chi connectivity index (χ2v) is 9.70. The highest BCUT2D eigenvalue weighted by Gasteiger charge is 2.32. The molecule has 10 heteroatoms. The summed E-state index contributed by atoms with van der Waals surface area (Å²) in [6.45, 7) is 0.401. The van der Waals surface area contributed by atoms with Gasteiger partial charge in [0.15, 0.2) is 0 Å². The number of likely N-dealkylation sites (tertiary alicyclic amines) is 1. The Bertz CT molecular complexity index is 1690. The monoisotopic (exact) mass is 553 g/mol. The van der Waals surface area contributed by atoms with Crippen molar-refractivity contribution in [1.82, 2.24) is 20.3 Å². The van der Waals surface area contributed by atoms with Crippen LogP contribution < -0.4 is 11.3 Å². The molecular formula is C30H24ClN5O4. The van der Waals surface area contributed by atoms with Crippen molar-refractivity contribution in [3.8, 4) is 23.1 Å². The maximum Gasteiger partial charge on any atom is 0.326 e. The van der Waals surface area contributed by atoms with E-state index in [4.69, 9.17) is 17.4 Å². The Kier molecular flexibility index (Phi) is 7.73. The van der Waals surface area contributed by atoms with Gasteiger partial charge < -0.3 is 10.0 Å². The van der Waals surface area contributed by atoms with E-state index in [-0.39, 0.29) is 5.91 Å². The highest BCUT2D eigenvalue weighted by Crippen LogP contribution is 2.26. The first-order valence-electron chi connectivity index (χ1n) is 12.6. The normalized spacial score (nSPS) is 14.8. The van der Waals surface area contributed by atoms with Crippen LogP contribution in [0.4, 0.5) is 0 Å². The lowest BCUT2D eigenvalue weighted by molar-refractivity contribution is -0.143. The van der Waals surface area contributed by atoms with Gasteiger partial charge in [0.05, 0.1) is 21.8 Å². The fourth-order valence-electron chi connectivity index (χ4n) is 4.69. The first-order chi connectivity index (χ1) is 19.4. The number of nitrogen functional groups attached to an aromatic ring is 1. The topological polar surface area (TPSA) is 139 Å². The van der Waals surface area contributed by atoms with Gasteiger partial charge in [0, 0.05) is 46.6 Å². The van der Waals surface area contributed by atoms with Crippen molar-refractivity contribution >= 4 is 40.3 Å². The average Bonchev–Trinajstić information content (AvgIpc) is 2.99. The third-order valence-corrected chi connectivity index (χ3v) is 7.09. The molecule has 3 heterocycles. The molecule has 1 atom stereocenters. The van der Waals surface area contributed by atoms with Crippen molar-refractivity contribution in [3.63, 3.8) is 0 Å². The zero-order valence-electron chi connectivity index (χ0n) is 21.2. The van der Waals surface area contributed by atoms with Crippen molar-refractivity contribution in [2.45, 2.75) is 25.3 Å². The number of fused-ring (bicyclic) bond motifs is 1. The molecule has 1 unspecified atom stereocenters. The highest BCUT2D eigenvalue weighted by molar-refractivity contribution is 6.32. The summed E-state index contributed by atoms with van der Waals surface area (Å²) >= 11 is 6.44. The minimum absolute atomic E-state index is 0.305. The number of nitrogens with one attached hydrogen (secondary N) is 1. The van der Waals surface area contributed by atoms with Crippen LogP contribution in [0.2, 0.25) is 5.02 Å². The molecule has 2 amide bonds. The number of amides is 2. The number of hydrogen-bond donors (Lipinski definition) is 3. The predicted octanol–water partition coefficient (Wildman–Crippen LogP) is 4.03. The van der Waals surface area contributed by atoms with Crippen LogP contribution in [0.25, 0.3) is 22.2 Å². The lowest BCUT2D eigenvalue weighted by Gasteiger charge is -2.33. The van der Waals surface area contributed by atoms with E-state index in [0.29, 0.717) is 51.3 Å². The first-order valence-corrected chi connectivity index (χ1v) is 12.9. The molecule has 1 aliphatic rings. The van der Waals surface area contributed by atoms with Crippen LogP contribution in [-0.2, 0) is 4.79 Å². The van der Waals surface area contributed by atoms with E-state index in [0.717, 1.165) is 24.0 Å². The second kappa shape index (κ2) is 11.5. The molecule has 5 rings (SSSR count). The number of nitrogens with zero attached hydrogens (tertiary/aromatic N) is 3. The third-order valence-electron chi connectivity index (χ3n) is 6.77. The number of carboxylic acids is 1. The number of pyridine rings is 2. The summed E-state index contributed by atoms with van der Waals surface area (Å²) in [5.41, 5.74) is 6.12. The van der Waals surface area contributed by atoms with Gasteiger partial charge >= 0.3 is 5.97 Å². The fraction of sp³-hybridized carbons (Fsp3) is 0.167. The van der Waals surface area contributed by atoms with E-state index in [1.165, 1.54) is 11.0 Å². The summed E-state index contributed by atoms with van der Waals surface area (Å²) in [5, 5.41) is 10.4. The van der Waals surface area contributed by atoms with E-state index < -0.39 is 17.9 Å². The summed E-state index contributed by atoms with van der Waals surface area (Å²) in [4.78, 5) is 47.0. The summed E-state index contributed by atoms with van der Waals surface area (Å²) in [6, 6.07) is 14.7. The largest absolute Gasteiger partial charge is 0.480 e. The molecule has 200 valence electrons. The van der Waals surface area contributed by atoms with Crippen LogP contribution in [0.15, 0.2) is 67.0 Å². The molecule has 0 aliphatic carbocycles. The molecule has 0 radical (unpaired) electrons. The van der Waals surface area contributed by atoms with Crippen LogP contribution in [0.5, 0.6) is 0 Å². The first kappa shape index (κ1) is 26.8. The van der Waals surface area contributed by atoms with E-state index in [9.17, 15) is 19.5 Å². The number of benzene rings is 2. The zero-order chi connectivity index (χ0) is 28.2. The Morgan fingerprint density at radius 1 is 1.05 bits per heavy atom. The molecule has 2 aromatic heterocycles. The van der Waals surface area contributed by atoms with Gasteiger partial charge in [0.25, 0.3) is 11.8 Å². The lowest BCUT2D eigenvalue weighted by atomic mass is 10.0. The van der Waals surface area contributed by atoms with Crippen molar-refractivity contribution in [3.05, 3.63) is 94.3 Å². The predicted molar refractivity (Wildman–Crippen MR) is 150 cm³/mol. The van der Waals surface area contributed by atoms with E-state index in [2.05, 4.69) is 27.2 Å². The number of aliphatic carboxylic acids is 1. The Morgan fingerprint density at radius 3 is 2.58 bits per heavy atom. The van der Waals surface area contributed by atoms with Crippen molar-refractivity contribution in [1.29, 1.82) is 0 Å². The van der Waals surface area contributed by atoms with E-state index >= 15 is 0 Å². The molecule has 0 spiro atoms. The Labute approximate surface area is 235 Å². The summed E-state index contributed by atoms with van der Waals surface area (Å²) in [5.74, 6) is 9.67. The Balaban J connectivity index is 1.36. The molecule has 1 saturated heterocycles. The quantitative estimate of drug-likeness (QED) is 0.150. The maximum atomic E-state index is 13.0. The number of hydrazine groups is 1. The number of carboxylic acid groups (broad SMARTS) is 1. The number of carbonyl (C=O) groups is 3. The van der Waals surface area contributed by atoms with Gasteiger partial charge in [-0.15, -0.1) is 0 Å². The number of aromatic nitrogens is 2. The van der Waals surface area contributed by atoms with Gasteiger partial charge in [-0.3, -0.25) is 20.0 Å². The molecule has 0 bridgehead atoms. The maximum absolute atomic E-state index is 13.0. The molecule has 4 N–H and O–H groups in total. The van der Waals surface area contributed by atoms with Gasteiger partial charge in [-0.05, 0) is 61.7 Å². The SMILES string of the molecule is NNC(=O)c1cc(-c2ccc(C#Cc3ccc(C(=O)N4CCCCC4C(=O)O)cc3Cl)cc2)nc2ccncc12. The zero-order valence-corrected chi connectivity index (χ0v) is 22.0. The molecule has 40 heavy (non-hydrogen) atoms. The van der Waals surface area contributed by atoms with Crippen molar-refractivity contribution in [2.24, 2.45) is 5.84 Å². The Morgan fingerprint density at radius 2 is 1.85 bits per heavy atom. The van der Waals surface area contributed by atoms with Crippen molar-refractivity contribution < 1.29 is 19.5 Å². The molecule has 0 saturated carbocycles. The summed E-state index contributed by atoms with van der Waals surface area (Å²) in [6.07, 6.45) is 5.17. The highest BCUT2D eigenvalue weighted by atomic mass is 35.5. The van der Waals surface area contributed by atoms with Crippen LogP contribution in [-0.4, -0.2) is 50.3 Å². The molecule has 1 aliphatic heterocycles. The molecule has 2 aromatic carbocycles. The summed E-state index contributed by atoms with van der Waals surface area (Å²) < 4.78 is 0. The van der Waals surface area contributed by atoms with Gasteiger partial charge in [0.1, 0.15) is 6.04 Å². The smallest absolute Gasteiger partial charge is 0.326 e. The average molecular weight is 554 g/mol. The van der Waals surface area contributed by atoms with E-state index in [1.807, 2.05) is 24.3 Å². The van der Waals surface area contributed by atoms with Crippen LogP contribution in [0, 0.1) is 11.8 Å². The number of nitrogens with two attached hydrogens (primary N) is 1. The second-order valence-electron chi connectivity index (χ2n) is 9.29. The van der Waals surface area contributed by atoms with Gasteiger partial charge in [-0.25, -0.2) is 15.6 Å². The third kappa shape index (κ3) is 5.50. The van der Waals surface area contributed by atoms with Crippen LogP contribution >= 0.6 is 11.6 Å². The standard InChI is InChI=1S/C30H24ClN5O4/c31-24-15-21(29(38)36-14-2-1-3-27(36)30(39)40)11-10-19(24)7-4-18-5-8-20(9-6-18)26-16-22(28(37)35-32)23-17-33-13-12-25(23)34-26/h5-6,8-13,15-17,27H,1-3,14,32H2,(H,35,37)(H,39,40). The molecular weight excluding hydrogens is 530 g/mol. The minimum Gasteiger partial charge on any atom is -0.480 e. The van der Waals surface area contributed by atoms with Crippen LogP contribution in [0.3, 0.4) is 0 Å². The summed E-state index contributed by atoms with van der Waals surface area (Å²) in [7, 11) is 0. The number of piperidine rings is 1. The number of halogens is 1. The number of carbonyl (C=O) groups excluding carboxylic acids is 2. The van der Waals surface area contributed by atoms with Gasteiger partial charge in [-0.2, -0.15) is 0 Å². The number of hydrogen-bond acceptors (Lipinski definition) is 6. The molecule has 1 fully saturated rings. The molecule has 4 aromatic rings. The van der Waals surface area contributed by atoms with E-state index in [1.54, 1.807) is 36.7 Å². The minimum atomic E-state index is -0.997. The fourth-order valence-corrected chi connectivity index (χ4v) is 4.92.